The largest absolute Gasteiger partial charge is 0.324 e. The second kappa shape index (κ2) is 4.54. The third-order valence-electron chi connectivity index (χ3n) is 2.07. The lowest BCUT2D eigenvalue weighted by molar-refractivity contribution is 0.583. The van der Waals surface area contributed by atoms with Crippen molar-refractivity contribution in [3.63, 3.8) is 0 Å². The first-order valence-corrected chi connectivity index (χ1v) is 6.57. The van der Waals surface area contributed by atoms with Crippen molar-refractivity contribution < 1.29 is 12.8 Å². The minimum absolute atomic E-state index is 0.0161. The van der Waals surface area contributed by atoms with Gasteiger partial charge in [0.25, 0.3) is 10.0 Å². The van der Waals surface area contributed by atoms with E-state index in [1.54, 1.807) is 7.05 Å². The Morgan fingerprint density at radius 2 is 2.11 bits per heavy atom. The standard InChI is InChI=1S/C9H8ClFN4O2S/c1-15-5-13-9(8(15)10)18(16,17)14-6-2-3-7(11)12-4-6/h2-5,14H,1H3. The van der Waals surface area contributed by atoms with Gasteiger partial charge in [0.1, 0.15) is 5.15 Å². The highest BCUT2D eigenvalue weighted by Gasteiger charge is 2.22. The number of sulfonamides is 1. The van der Waals surface area contributed by atoms with Crippen molar-refractivity contribution in [2.75, 3.05) is 4.72 Å². The highest BCUT2D eigenvalue weighted by Crippen LogP contribution is 2.21. The molecule has 2 heterocycles. The summed E-state index contributed by atoms with van der Waals surface area (Å²) < 4.78 is 40.0. The van der Waals surface area contributed by atoms with E-state index in [9.17, 15) is 12.8 Å². The Morgan fingerprint density at radius 3 is 2.61 bits per heavy atom. The van der Waals surface area contributed by atoms with Crippen LogP contribution in [0.1, 0.15) is 0 Å². The number of imidazole rings is 1. The minimum atomic E-state index is -3.91. The van der Waals surface area contributed by atoms with Crippen LogP contribution in [0.2, 0.25) is 5.15 Å². The highest BCUT2D eigenvalue weighted by atomic mass is 35.5. The van der Waals surface area contributed by atoms with Crippen LogP contribution >= 0.6 is 11.6 Å². The monoisotopic (exact) mass is 290 g/mol. The fourth-order valence-corrected chi connectivity index (χ4v) is 2.69. The van der Waals surface area contributed by atoms with Gasteiger partial charge in [-0.1, -0.05) is 11.6 Å². The maximum Gasteiger partial charge on any atom is 0.282 e. The zero-order chi connectivity index (χ0) is 13.3. The van der Waals surface area contributed by atoms with Crippen LogP contribution in [0.4, 0.5) is 10.1 Å². The molecule has 0 radical (unpaired) electrons. The second-order valence-electron chi connectivity index (χ2n) is 3.43. The first-order chi connectivity index (χ1) is 8.40. The molecule has 18 heavy (non-hydrogen) atoms. The Kier molecular flexibility index (Phi) is 3.22. The van der Waals surface area contributed by atoms with Gasteiger partial charge in [-0.25, -0.2) is 9.97 Å². The number of anilines is 1. The summed E-state index contributed by atoms with van der Waals surface area (Å²) in [5.41, 5.74) is 0.123. The molecule has 0 atom stereocenters. The molecule has 6 nitrogen and oxygen atoms in total. The fraction of sp³-hybridized carbons (Fsp3) is 0.111. The Labute approximate surface area is 107 Å². The van der Waals surface area contributed by atoms with Gasteiger partial charge in [0, 0.05) is 7.05 Å². The Balaban J connectivity index is 2.33. The van der Waals surface area contributed by atoms with E-state index in [-0.39, 0.29) is 15.9 Å². The number of pyridine rings is 1. The number of rotatable bonds is 3. The van der Waals surface area contributed by atoms with E-state index in [2.05, 4.69) is 14.7 Å². The molecular weight excluding hydrogens is 283 g/mol. The minimum Gasteiger partial charge on any atom is -0.324 e. The van der Waals surface area contributed by atoms with Crippen LogP contribution in [0.25, 0.3) is 0 Å². The highest BCUT2D eigenvalue weighted by molar-refractivity contribution is 7.92. The number of aromatic nitrogens is 3. The van der Waals surface area contributed by atoms with E-state index in [1.165, 1.54) is 17.0 Å². The fourth-order valence-electron chi connectivity index (χ4n) is 1.21. The van der Waals surface area contributed by atoms with Gasteiger partial charge in [0.05, 0.1) is 18.2 Å². The molecule has 0 amide bonds. The van der Waals surface area contributed by atoms with Crippen LogP contribution in [-0.4, -0.2) is 23.0 Å². The van der Waals surface area contributed by atoms with Crippen LogP contribution in [0.15, 0.2) is 29.7 Å². The van der Waals surface area contributed by atoms with E-state index >= 15 is 0 Å². The number of aryl methyl sites for hydroxylation is 1. The first-order valence-electron chi connectivity index (χ1n) is 4.71. The molecule has 0 aromatic carbocycles. The van der Waals surface area contributed by atoms with Crippen molar-refractivity contribution in [1.82, 2.24) is 14.5 Å². The van der Waals surface area contributed by atoms with Gasteiger partial charge in [-0.15, -0.1) is 0 Å². The number of halogens is 2. The van der Waals surface area contributed by atoms with Gasteiger partial charge < -0.3 is 4.57 Å². The number of hydrogen-bond donors (Lipinski definition) is 1. The average Bonchev–Trinajstić information content (AvgIpc) is 2.63. The molecule has 0 aliphatic carbocycles. The quantitative estimate of drug-likeness (QED) is 0.867. The van der Waals surface area contributed by atoms with E-state index in [1.807, 2.05) is 0 Å². The SMILES string of the molecule is Cn1cnc(S(=O)(=O)Nc2ccc(F)nc2)c1Cl. The molecule has 0 spiro atoms. The van der Waals surface area contributed by atoms with Crippen LogP contribution in [0.5, 0.6) is 0 Å². The Morgan fingerprint density at radius 1 is 1.39 bits per heavy atom. The zero-order valence-corrected chi connectivity index (χ0v) is 10.7. The lowest BCUT2D eigenvalue weighted by atomic mass is 10.4. The van der Waals surface area contributed by atoms with Gasteiger partial charge in [0.2, 0.25) is 11.0 Å². The van der Waals surface area contributed by atoms with E-state index < -0.39 is 16.0 Å². The Hall–Kier alpha value is -1.67. The maximum atomic E-state index is 12.6. The molecule has 0 saturated heterocycles. The van der Waals surface area contributed by atoms with Crippen molar-refractivity contribution in [2.45, 2.75) is 5.03 Å². The van der Waals surface area contributed by atoms with Crippen LogP contribution in [0.3, 0.4) is 0 Å². The smallest absolute Gasteiger partial charge is 0.282 e. The molecule has 2 rings (SSSR count). The van der Waals surface area contributed by atoms with E-state index in [0.29, 0.717) is 0 Å². The predicted molar refractivity (Wildman–Crippen MR) is 63.2 cm³/mol. The topological polar surface area (TPSA) is 76.9 Å². The molecule has 0 bridgehead atoms. The predicted octanol–water partition coefficient (Wildman–Crippen LogP) is 1.41. The summed E-state index contributed by atoms with van der Waals surface area (Å²) in [6, 6.07) is 2.29. The molecule has 9 heteroatoms. The van der Waals surface area contributed by atoms with E-state index in [4.69, 9.17) is 11.6 Å². The lowest BCUT2D eigenvalue weighted by Crippen LogP contribution is -2.14. The summed E-state index contributed by atoms with van der Waals surface area (Å²) in [6.07, 6.45) is 2.34. The molecule has 0 aliphatic heterocycles. The molecule has 0 aliphatic rings. The summed E-state index contributed by atoms with van der Waals surface area (Å²) in [6.45, 7) is 0. The van der Waals surface area contributed by atoms with Gasteiger partial charge in [0.15, 0.2) is 0 Å². The van der Waals surface area contributed by atoms with Crippen LogP contribution < -0.4 is 4.72 Å². The summed E-state index contributed by atoms with van der Waals surface area (Å²) in [5.74, 6) is -0.700. The van der Waals surface area contributed by atoms with Gasteiger partial charge in [-0.2, -0.15) is 12.8 Å². The molecule has 0 fully saturated rings. The summed E-state index contributed by atoms with van der Waals surface area (Å²) in [7, 11) is -2.35. The Bertz CT molecular complexity index is 668. The zero-order valence-electron chi connectivity index (χ0n) is 9.13. The lowest BCUT2D eigenvalue weighted by Gasteiger charge is -2.05. The van der Waals surface area contributed by atoms with Crippen molar-refractivity contribution in [2.24, 2.45) is 7.05 Å². The summed E-state index contributed by atoms with van der Waals surface area (Å²) >= 11 is 5.79. The summed E-state index contributed by atoms with van der Waals surface area (Å²) in [4.78, 5) is 7.02. The van der Waals surface area contributed by atoms with Crippen LogP contribution in [-0.2, 0) is 17.1 Å². The molecule has 0 unspecified atom stereocenters. The van der Waals surface area contributed by atoms with E-state index in [0.717, 1.165) is 12.3 Å². The number of nitrogens with one attached hydrogen (secondary N) is 1. The van der Waals surface area contributed by atoms with Crippen molar-refractivity contribution in [3.05, 3.63) is 35.8 Å². The number of nitrogens with zero attached hydrogens (tertiary/aromatic N) is 3. The second-order valence-corrected chi connectivity index (χ2v) is 5.38. The van der Waals surface area contributed by atoms with Gasteiger partial charge >= 0.3 is 0 Å². The third-order valence-corrected chi connectivity index (χ3v) is 3.94. The molecule has 96 valence electrons. The first kappa shape index (κ1) is 12.8. The molecule has 2 aromatic heterocycles. The molecule has 2 aromatic rings. The summed E-state index contributed by atoms with van der Waals surface area (Å²) in [5, 5.41) is -0.312. The molecule has 0 saturated carbocycles. The molecular formula is C9H8ClFN4O2S. The van der Waals surface area contributed by atoms with Crippen molar-refractivity contribution in [1.29, 1.82) is 0 Å². The average molecular weight is 291 g/mol. The third kappa shape index (κ3) is 2.44. The van der Waals surface area contributed by atoms with Crippen molar-refractivity contribution >= 4 is 27.3 Å². The van der Waals surface area contributed by atoms with Gasteiger partial charge in [-0.05, 0) is 12.1 Å². The molecule has 1 N–H and O–H groups in total. The maximum absolute atomic E-state index is 12.6. The van der Waals surface area contributed by atoms with Gasteiger partial charge in [-0.3, -0.25) is 4.72 Å². The van der Waals surface area contributed by atoms with Crippen LogP contribution in [0, 0.1) is 5.95 Å². The van der Waals surface area contributed by atoms with Crippen molar-refractivity contribution in [3.8, 4) is 0 Å². The number of hydrogen-bond acceptors (Lipinski definition) is 4. The normalized spacial score (nSPS) is 11.5.